The van der Waals surface area contributed by atoms with E-state index in [1.807, 2.05) is 29.2 Å². The van der Waals surface area contributed by atoms with Crippen molar-refractivity contribution in [3.8, 4) is 11.5 Å². The van der Waals surface area contributed by atoms with Gasteiger partial charge >= 0.3 is 0 Å². The fraction of sp³-hybridized carbons (Fsp3) is 0.350. The first-order valence-electron chi connectivity index (χ1n) is 8.50. The number of carbonyl (C=O) groups is 1. The lowest BCUT2D eigenvalue weighted by Gasteiger charge is -2.25. The number of hydrogen-bond acceptors (Lipinski definition) is 3. The van der Waals surface area contributed by atoms with Gasteiger partial charge in [0.05, 0.1) is 26.2 Å². The van der Waals surface area contributed by atoms with E-state index in [1.54, 1.807) is 25.3 Å². The van der Waals surface area contributed by atoms with Gasteiger partial charge < -0.3 is 14.4 Å². The molecule has 0 bridgehead atoms. The number of amides is 1. The normalized spacial score (nSPS) is 16.7. The molecule has 25 heavy (non-hydrogen) atoms. The summed E-state index contributed by atoms with van der Waals surface area (Å²) in [6.45, 7) is 0.904. The Kier molecular flexibility index (Phi) is 5.53. The van der Waals surface area contributed by atoms with Crippen molar-refractivity contribution in [2.24, 2.45) is 0 Å². The number of methoxy groups -OCH3 is 1. The van der Waals surface area contributed by atoms with E-state index in [1.165, 1.54) is 6.07 Å². The maximum atomic E-state index is 13.5. The topological polar surface area (TPSA) is 38.8 Å². The number of ether oxygens (including phenoxy) is 2. The summed E-state index contributed by atoms with van der Waals surface area (Å²) in [5.41, 5.74) is 1.08. The number of carbonyl (C=O) groups excluding carboxylic acids is 1. The molecule has 132 valence electrons. The Bertz CT molecular complexity index is 734. The first kappa shape index (κ1) is 17.3. The van der Waals surface area contributed by atoms with E-state index < -0.39 is 5.82 Å². The van der Waals surface area contributed by atoms with E-state index in [9.17, 15) is 9.18 Å². The highest BCUT2D eigenvalue weighted by Crippen LogP contribution is 2.33. The van der Waals surface area contributed by atoms with Crippen molar-refractivity contribution in [1.29, 1.82) is 0 Å². The van der Waals surface area contributed by atoms with E-state index in [2.05, 4.69) is 0 Å². The molecule has 3 rings (SSSR count). The molecule has 2 aromatic rings. The van der Waals surface area contributed by atoms with Crippen LogP contribution in [0.2, 0.25) is 0 Å². The van der Waals surface area contributed by atoms with Gasteiger partial charge in [-0.05, 0) is 42.7 Å². The molecular formula is C20H22FNO3. The molecular weight excluding hydrogens is 321 g/mol. The molecule has 5 heteroatoms. The second kappa shape index (κ2) is 8.01. The largest absolute Gasteiger partial charge is 0.497 e. The number of nitrogens with zero attached hydrogens (tertiary/aromatic N) is 1. The van der Waals surface area contributed by atoms with Gasteiger partial charge in [-0.25, -0.2) is 4.39 Å². The van der Waals surface area contributed by atoms with Gasteiger partial charge in [0.1, 0.15) is 5.75 Å². The highest BCUT2D eigenvalue weighted by atomic mass is 19.1. The monoisotopic (exact) mass is 343 g/mol. The zero-order chi connectivity index (χ0) is 17.6. The maximum absolute atomic E-state index is 13.5. The molecule has 1 aliphatic heterocycles. The molecule has 2 aromatic carbocycles. The third-order valence-electron chi connectivity index (χ3n) is 4.46. The molecule has 0 aliphatic carbocycles. The first-order valence-corrected chi connectivity index (χ1v) is 8.50. The van der Waals surface area contributed by atoms with Gasteiger partial charge in [-0.3, -0.25) is 4.79 Å². The Hall–Kier alpha value is -2.56. The number of halogens is 1. The number of benzene rings is 2. The van der Waals surface area contributed by atoms with Crippen LogP contribution in [0.25, 0.3) is 0 Å². The number of para-hydroxylation sites is 1. The molecule has 1 fully saturated rings. The minimum atomic E-state index is -0.412. The summed E-state index contributed by atoms with van der Waals surface area (Å²) in [7, 11) is 1.64. The van der Waals surface area contributed by atoms with Crippen molar-refractivity contribution in [3.05, 3.63) is 59.9 Å². The van der Waals surface area contributed by atoms with E-state index in [4.69, 9.17) is 9.47 Å². The molecule has 0 spiro atoms. The van der Waals surface area contributed by atoms with Crippen molar-refractivity contribution in [3.63, 3.8) is 0 Å². The first-order chi connectivity index (χ1) is 12.2. The van der Waals surface area contributed by atoms with Crippen LogP contribution >= 0.6 is 0 Å². The summed E-state index contributed by atoms with van der Waals surface area (Å²) >= 11 is 0. The smallest absolute Gasteiger partial charge is 0.226 e. The molecule has 1 heterocycles. The van der Waals surface area contributed by atoms with E-state index in [0.29, 0.717) is 0 Å². The minimum absolute atomic E-state index is 0.0293. The van der Waals surface area contributed by atoms with Crippen LogP contribution in [0.15, 0.2) is 48.5 Å². The van der Waals surface area contributed by atoms with E-state index in [-0.39, 0.29) is 30.7 Å². The highest BCUT2D eigenvalue weighted by Gasteiger charge is 2.29. The zero-order valence-corrected chi connectivity index (χ0v) is 14.3. The summed E-state index contributed by atoms with van der Waals surface area (Å²) in [4.78, 5) is 14.5. The predicted octanol–water partition coefficient (Wildman–Crippen LogP) is 3.97. The Labute approximate surface area is 147 Å². The van der Waals surface area contributed by atoms with Gasteiger partial charge in [-0.1, -0.05) is 24.3 Å². The lowest BCUT2D eigenvalue weighted by molar-refractivity contribution is -0.132. The third kappa shape index (κ3) is 4.10. The van der Waals surface area contributed by atoms with Gasteiger partial charge in [-0.15, -0.1) is 0 Å². The van der Waals surface area contributed by atoms with Crippen LogP contribution in [0.4, 0.5) is 4.39 Å². The molecule has 0 radical (unpaired) electrons. The van der Waals surface area contributed by atoms with Gasteiger partial charge in [0, 0.05) is 6.54 Å². The Balaban J connectivity index is 1.60. The molecule has 4 nitrogen and oxygen atoms in total. The molecule has 0 aromatic heterocycles. The van der Waals surface area contributed by atoms with Crippen molar-refractivity contribution < 1.29 is 18.7 Å². The quantitative estimate of drug-likeness (QED) is 0.797. The fourth-order valence-electron chi connectivity index (χ4n) is 3.21. The van der Waals surface area contributed by atoms with Crippen molar-refractivity contribution in [2.45, 2.75) is 25.3 Å². The second-order valence-electron chi connectivity index (χ2n) is 6.05. The summed E-state index contributed by atoms with van der Waals surface area (Å²) in [5.74, 6) is 0.591. The van der Waals surface area contributed by atoms with Gasteiger partial charge in [0.15, 0.2) is 11.6 Å². The number of hydrogen-bond donors (Lipinski definition) is 0. The molecule has 1 aliphatic rings. The molecule has 1 atom stereocenters. The Morgan fingerprint density at radius 3 is 2.88 bits per heavy atom. The minimum Gasteiger partial charge on any atom is -0.497 e. The predicted molar refractivity (Wildman–Crippen MR) is 93.2 cm³/mol. The highest BCUT2D eigenvalue weighted by molar-refractivity contribution is 5.77. The lowest BCUT2D eigenvalue weighted by atomic mass is 10.0. The number of rotatable bonds is 6. The van der Waals surface area contributed by atoms with Crippen LogP contribution in [0.1, 0.15) is 30.9 Å². The van der Waals surface area contributed by atoms with Crippen LogP contribution in [-0.4, -0.2) is 31.1 Å². The SMILES string of the molecule is COc1cccc(C2CCCN2C(=O)CCOc2ccccc2F)c1. The van der Waals surface area contributed by atoms with E-state index >= 15 is 0 Å². The second-order valence-corrected chi connectivity index (χ2v) is 6.05. The summed E-state index contributed by atoms with van der Waals surface area (Å²) in [5, 5.41) is 0. The van der Waals surface area contributed by atoms with Crippen LogP contribution in [0.3, 0.4) is 0 Å². The lowest BCUT2D eigenvalue weighted by Crippen LogP contribution is -2.31. The van der Waals surface area contributed by atoms with Crippen LogP contribution in [-0.2, 0) is 4.79 Å². The van der Waals surface area contributed by atoms with Crippen LogP contribution in [0.5, 0.6) is 11.5 Å². The molecule has 1 saturated heterocycles. The van der Waals surface area contributed by atoms with Crippen molar-refractivity contribution in [2.75, 3.05) is 20.3 Å². The molecule has 0 saturated carbocycles. The number of likely N-dealkylation sites (tertiary alicyclic amines) is 1. The summed E-state index contributed by atoms with van der Waals surface area (Å²) in [6, 6.07) is 14.1. The third-order valence-corrected chi connectivity index (χ3v) is 4.46. The summed E-state index contributed by atoms with van der Waals surface area (Å²) in [6.07, 6.45) is 2.14. The van der Waals surface area contributed by atoms with Crippen LogP contribution in [0, 0.1) is 5.82 Å². The summed E-state index contributed by atoms with van der Waals surface area (Å²) < 4.78 is 24.2. The molecule has 0 N–H and O–H groups in total. The zero-order valence-electron chi connectivity index (χ0n) is 14.3. The molecule has 1 amide bonds. The van der Waals surface area contributed by atoms with Gasteiger partial charge in [0.25, 0.3) is 0 Å². The van der Waals surface area contributed by atoms with E-state index in [0.717, 1.165) is 30.7 Å². The van der Waals surface area contributed by atoms with Crippen molar-refractivity contribution in [1.82, 2.24) is 4.90 Å². The standard InChI is InChI=1S/C20H22FNO3/c1-24-16-7-4-6-15(14-16)18-9-5-12-22(18)20(23)11-13-25-19-10-3-2-8-17(19)21/h2-4,6-8,10,14,18H,5,9,11-13H2,1H3. The fourth-order valence-corrected chi connectivity index (χ4v) is 3.21. The maximum Gasteiger partial charge on any atom is 0.226 e. The molecule has 1 unspecified atom stereocenters. The average molecular weight is 343 g/mol. The van der Waals surface area contributed by atoms with Crippen LogP contribution < -0.4 is 9.47 Å². The van der Waals surface area contributed by atoms with Crippen molar-refractivity contribution >= 4 is 5.91 Å². The average Bonchev–Trinajstić information content (AvgIpc) is 3.13. The Morgan fingerprint density at radius 1 is 1.24 bits per heavy atom. The Morgan fingerprint density at radius 2 is 2.08 bits per heavy atom. The van der Waals surface area contributed by atoms with Gasteiger partial charge in [-0.2, -0.15) is 0 Å². The van der Waals surface area contributed by atoms with Gasteiger partial charge in [0.2, 0.25) is 5.91 Å².